The molecule has 0 amide bonds. The van der Waals surface area contributed by atoms with Gasteiger partial charge < -0.3 is 5.11 Å². The number of aromatic carboxylic acids is 1. The highest BCUT2D eigenvalue weighted by molar-refractivity contribution is 5.86. The Balaban J connectivity index is 2.17. The summed E-state index contributed by atoms with van der Waals surface area (Å²) in [5, 5.41) is 14.3. The molecule has 3 aromatic carbocycles. The Morgan fingerprint density at radius 1 is 0.704 bits per heavy atom. The zero-order chi connectivity index (χ0) is 18.7. The summed E-state index contributed by atoms with van der Waals surface area (Å²) in [6.45, 7) is 0. The maximum Gasteiger partial charge on any atom is 0.354 e. The fourth-order valence-electron chi connectivity index (χ4n) is 3.64. The van der Waals surface area contributed by atoms with E-state index >= 15 is 0 Å². The lowest BCUT2D eigenvalue weighted by Gasteiger charge is -2.37. The number of benzene rings is 3. The van der Waals surface area contributed by atoms with Crippen LogP contribution in [0.2, 0.25) is 0 Å². The molecule has 27 heavy (non-hydrogen) atoms. The molecule has 0 saturated carbocycles. The summed E-state index contributed by atoms with van der Waals surface area (Å²) in [6.07, 6.45) is 1.53. The van der Waals surface area contributed by atoms with Crippen LogP contribution in [0.25, 0.3) is 0 Å². The van der Waals surface area contributed by atoms with Gasteiger partial charge in [0.15, 0.2) is 0 Å². The average Bonchev–Trinajstić information content (AvgIpc) is 3.22. The number of carbonyl (C=O) groups is 1. The standard InChI is InChI=1S/C23H18N2O2/c26-22(27)21-16-17-24-25(21)23(18-10-4-1-5-11-18,19-12-6-2-7-13-19)20-14-8-3-9-15-20/h1-17H,(H,26,27). The van der Waals surface area contributed by atoms with Crippen molar-refractivity contribution in [2.24, 2.45) is 0 Å². The molecule has 1 aromatic heterocycles. The molecule has 0 unspecified atom stereocenters. The molecule has 1 N–H and O–H groups in total. The Hall–Kier alpha value is -3.66. The van der Waals surface area contributed by atoms with E-state index in [0.717, 1.165) is 16.7 Å². The van der Waals surface area contributed by atoms with Crippen molar-refractivity contribution in [3.63, 3.8) is 0 Å². The van der Waals surface area contributed by atoms with Crippen LogP contribution in [0.3, 0.4) is 0 Å². The number of carboxylic acids is 1. The second-order valence-electron chi connectivity index (χ2n) is 6.24. The summed E-state index contributed by atoms with van der Waals surface area (Å²) >= 11 is 0. The van der Waals surface area contributed by atoms with Crippen LogP contribution in [0.15, 0.2) is 103 Å². The van der Waals surface area contributed by atoms with Crippen molar-refractivity contribution >= 4 is 5.97 Å². The Labute approximate surface area is 157 Å². The Morgan fingerprint density at radius 2 is 1.11 bits per heavy atom. The highest BCUT2D eigenvalue weighted by Gasteiger charge is 2.41. The van der Waals surface area contributed by atoms with Gasteiger partial charge in [0.1, 0.15) is 11.2 Å². The Kier molecular flexibility index (Phi) is 4.30. The van der Waals surface area contributed by atoms with Gasteiger partial charge in [0.2, 0.25) is 0 Å². The number of rotatable bonds is 5. The lowest BCUT2D eigenvalue weighted by molar-refractivity contribution is 0.0679. The molecule has 0 aliphatic heterocycles. The molecular weight excluding hydrogens is 336 g/mol. The molecule has 0 aliphatic carbocycles. The number of hydrogen-bond acceptors (Lipinski definition) is 2. The van der Waals surface area contributed by atoms with Gasteiger partial charge in [-0.2, -0.15) is 5.10 Å². The Morgan fingerprint density at radius 3 is 1.48 bits per heavy atom. The lowest BCUT2D eigenvalue weighted by atomic mass is 9.77. The summed E-state index contributed by atoms with van der Waals surface area (Å²) in [4.78, 5) is 12.0. The van der Waals surface area contributed by atoms with E-state index in [1.54, 1.807) is 4.68 Å². The monoisotopic (exact) mass is 354 g/mol. The molecule has 0 bridgehead atoms. The minimum Gasteiger partial charge on any atom is -0.477 e. The molecule has 0 radical (unpaired) electrons. The van der Waals surface area contributed by atoms with Gasteiger partial charge in [0, 0.05) is 6.20 Å². The zero-order valence-corrected chi connectivity index (χ0v) is 14.6. The van der Waals surface area contributed by atoms with Crippen molar-refractivity contribution in [1.29, 1.82) is 0 Å². The predicted molar refractivity (Wildman–Crippen MR) is 104 cm³/mol. The zero-order valence-electron chi connectivity index (χ0n) is 14.6. The van der Waals surface area contributed by atoms with Gasteiger partial charge in [-0.1, -0.05) is 91.0 Å². The van der Waals surface area contributed by atoms with E-state index in [1.807, 2.05) is 91.0 Å². The van der Waals surface area contributed by atoms with E-state index < -0.39 is 11.5 Å². The normalized spacial score (nSPS) is 11.3. The highest BCUT2D eigenvalue weighted by atomic mass is 16.4. The summed E-state index contributed by atoms with van der Waals surface area (Å²) in [5.74, 6) is -1.01. The van der Waals surface area contributed by atoms with Crippen molar-refractivity contribution < 1.29 is 9.90 Å². The number of nitrogens with zero attached hydrogens (tertiary/aromatic N) is 2. The minimum atomic E-state index is -1.01. The molecule has 0 fully saturated rings. The molecule has 0 aliphatic rings. The van der Waals surface area contributed by atoms with E-state index in [2.05, 4.69) is 5.10 Å². The van der Waals surface area contributed by atoms with Gasteiger partial charge in [0.25, 0.3) is 0 Å². The summed E-state index contributed by atoms with van der Waals surface area (Å²) in [7, 11) is 0. The van der Waals surface area contributed by atoms with Crippen LogP contribution in [0.4, 0.5) is 0 Å². The van der Waals surface area contributed by atoms with Crippen LogP contribution in [-0.2, 0) is 5.54 Å². The third-order valence-corrected chi connectivity index (χ3v) is 4.75. The average molecular weight is 354 g/mol. The third kappa shape index (κ3) is 2.72. The molecular formula is C23H18N2O2. The maximum atomic E-state index is 12.0. The highest BCUT2D eigenvalue weighted by Crippen LogP contribution is 2.40. The maximum absolute atomic E-state index is 12.0. The second kappa shape index (κ2) is 6.92. The minimum absolute atomic E-state index is 0.131. The van der Waals surface area contributed by atoms with Crippen molar-refractivity contribution in [1.82, 2.24) is 9.78 Å². The van der Waals surface area contributed by atoms with Crippen molar-refractivity contribution in [3.8, 4) is 0 Å². The molecule has 4 aromatic rings. The first-order valence-electron chi connectivity index (χ1n) is 8.69. The van der Waals surface area contributed by atoms with E-state index in [4.69, 9.17) is 0 Å². The van der Waals surface area contributed by atoms with Crippen molar-refractivity contribution in [2.75, 3.05) is 0 Å². The summed E-state index contributed by atoms with van der Waals surface area (Å²) in [6, 6.07) is 31.2. The first kappa shape index (κ1) is 16.8. The molecule has 0 spiro atoms. The predicted octanol–water partition coefficient (Wildman–Crippen LogP) is 4.42. The van der Waals surface area contributed by atoms with Gasteiger partial charge in [0.05, 0.1) is 0 Å². The lowest BCUT2D eigenvalue weighted by Crippen LogP contribution is -2.40. The van der Waals surface area contributed by atoms with Crippen molar-refractivity contribution in [2.45, 2.75) is 5.54 Å². The fourth-order valence-corrected chi connectivity index (χ4v) is 3.64. The molecule has 4 heteroatoms. The molecule has 4 rings (SSSR count). The smallest absolute Gasteiger partial charge is 0.354 e. The topological polar surface area (TPSA) is 55.1 Å². The molecule has 0 atom stereocenters. The van der Waals surface area contributed by atoms with E-state index in [-0.39, 0.29) is 5.69 Å². The van der Waals surface area contributed by atoms with Crippen LogP contribution in [0, 0.1) is 0 Å². The van der Waals surface area contributed by atoms with Crippen LogP contribution >= 0.6 is 0 Å². The van der Waals surface area contributed by atoms with Gasteiger partial charge in [-0.3, -0.25) is 0 Å². The molecule has 132 valence electrons. The number of carboxylic acid groups (broad SMARTS) is 1. The van der Waals surface area contributed by atoms with Gasteiger partial charge in [-0.05, 0) is 22.8 Å². The van der Waals surface area contributed by atoms with Gasteiger partial charge in [-0.25, -0.2) is 9.48 Å². The van der Waals surface area contributed by atoms with Crippen LogP contribution < -0.4 is 0 Å². The van der Waals surface area contributed by atoms with Gasteiger partial charge in [-0.15, -0.1) is 0 Å². The first-order valence-corrected chi connectivity index (χ1v) is 8.69. The quantitative estimate of drug-likeness (QED) is 0.540. The third-order valence-electron chi connectivity index (χ3n) is 4.75. The van der Waals surface area contributed by atoms with Gasteiger partial charge >= 0.3 is 5.97 Å². The van der Waals surface area contributed by atoms with Crippen molar-refractivity contribution in [3.05, 3.63) is 126 Å². The molecule has 1 heterocycles. The first-order chi connectivity index (χ1) is 13.2. The Bertz CT molecular complexity index is 945. The second-order valence-corrected chi connectivity index (χ2v) is 6.24. The van der Waals surface area contributed by atoms with E-state index in [9.17, 15) is 9.90 Å². The SMILES string of the molecule is O=C(O)c1ccnn1C(c1ccccc1)(c1ccccc1)c1ccccc1. The fraction of sp³-hybridized carbons (Fsp3) is 0.0435. The van der Waals surface area contributed by atoms with E-state index in [1.165, 1.54) is 12.3 Å². The largest absolute Gasteiger partial charge is 0.477 e. The summed E-state index contributed by atoms with van der Waals surface area (Å²) in [5.41, 5.74) is 2.04. The van der Waals surface area contributed by atoms with Crippen LogP contribution in [0.5, 0.6) is 0 Å². The molecule has 0 saturated heterocycles. The van der Waals surface area contributed by atoms with Crippen LogP contribution in [-0.4, -0.2) is 20.9 Å². The molecule has 4 nitrogen and oxygen atoms in total. The summed E-state index contributed by atoms with van der Waals surface area (Å²) < 4.78 is 1.61. The van der Waals surface area contributed by atoms with E-state index in [0.29, 0.717) is 0 Å². The van der Waals surface area contributed by atoms with Crippen LogP contribution in [0.1, 0.15) is 27.2 Å². The number of hydrogen-bond donors (Lipinski definition) is 1. The number of aromatic nitrogens is 2.